The predicted molar refractivity (Wildman–Crippen MR) is 81.6 cm³/mol. The molecule has 0 aromatic heterocycles. The average molecular weight is 269 g/mol. The van der Waals surface area contributed by atoms with Gasteiger partial charge < -0.3 is 5.32 Å². The Morgan fingerprint density at radius 3 is 2.16 bits per heavy atom. The summed E-state index contributed by atoms with van der Waals surface area (Å²) in [6.07, 6.45) is 0. The monoisotopic (exact) mass is 269 g/mol. The number of hydrazine groups is 1. The van der Waals surface area contributed by atoms with Gasteiger partial charge in [0.15, 0.2) is 5.11 Å². The Bertz CT molecular complexity index is 585. The zero-order chi connectivity index (χ0) is 13.3. The Kier molecular flexibility index (Phi) is 2.97. The molecule has 1 atom stereocenters. The lowest BCUT2D eigenvalue weighted by Gasteiger charge is -2.26. The second-order valence-corrected chi connectivity index (χ2v) is 5.09. The lowest BCUT2D eigenvalue weighted by Crippen LogP contribution is -2.45. The van der Waals surface area contributed by atoms with Crippen LogP contribution in [0.15, 0.2) is 60.7 Å². The number of thiocarbonyl (C=S) groups is 1. The molecule has 2 aromatic rings. The summed E-state index contributed by atoms with van der Waals surface area (Å²) in [5.74, 6) is 0. The fourth-order valence-corrected chi connectivity index (χ4v) is 2.59. The van der Waals surface area contributed by atoms with Crippen molar-refractivity contribution in [3.63, 3.8) is 0 Å². The third kappa shape index (κ3) is 2.20. The molecule has 2 aromatic carbocycles. The second-order valence-electron chi connectivity index (χ2n) is 4.70. The van der Waals surface area contributed by atoms with Gasteiger partial charge in [-0.2, -0.15) is 5.43 Å². The molecule has 0 amide bonds. The Labute approximate surface area is 118 Å². The van der Waals surface area contributed by atoms with E-state index in [0.717, 1.165) is 11.3 Å². The highest BCUT2D eigenvalue weighted by Crippen LogP contribution is 2.25. The number of hydrogen-bond donors (Lipinski definition) is 2. The molecule has 1 aliphatic rings. The van der Waals surface area contributed by atoms with Gasteiger partial charge in [0.05, 0.1) is 5.69 Å². The van der Waals surface area contributed by atoms with Gasteiger partial charge in [0.2, 0.25) is 0 Å². The molecule has 96 valence electrons. The third-order valence-corrected chi connectivity index (χ3v) is 3.55. The van der Waals surface area contributed by atoms with E-state index < -0.39 is 0 Å². The molecule has 0 bridgehead atoms. The highest BCUT2D eigenvalue weighted by molar-refractivity contribution is 7.80. The lowest BCUT2D eigenvalue weighted by atomic mass is 10.0. The van der Waals surface area contributed by atoms with Crippen LogP contribution in [-0.4, -0.2) is 5.11 Å². The molecule has 1 saturated heterocycles. The number of para-hydroxylation sites is 1. The number of nitrogens with zero attached hydrogens (tertiary/aromatic N) is 1. The Morgan fingerprint density at radius 2 is 1.53 bits per heavy atom. The number of rotatable bonds is 2. The van der Waals surface area contributed by atoms with Gasteiger partial charge in [0.25, 0.3) is 0 Å². The summed E-state index contributed by atoms with van der Waals surface area (Å²) in [5.41, 5.74) is 5.23. The quantitative estimate of drug-likeness (QED) is 0.820. The van der Waals surface area contributed by atoms with Crippen molar-refractivity contribution in [3.8, 4) is 0 Å². The molecule has 1 fully saturated rings. The molecular weight excluding hydrogens is 254 g/mol. The summed E-state index contributed by atoms with van der Waals surface area (Å²) in [5, 5.41) is 5.92. The second kappa shape index (κ2) is 4.64. The van der Waals surface area contributed by atoms with Gasteiger partial charge in [-0.1, -0.05) is 48.5 Å². The van der Waals surface area contributed by atoms with Crippen LogP contribution in [0.3, 0.4) is 0 Å². The van der Waals surface area contributed by atoms with Crippen LogP contribution in [0.4, 0.5) is 5.69 Å². The van der Waals surface area contributed by atoms with E-state index in [9.17, 15) is 0 Å². The summed E-state index contributed by atoms with van der Waals surface area (Å²) in [6, 6.07) is 20.3. The number of hydrogen-bond acceptors (Lipinski definition) is 2. The maximum Gasteiger partial charge on any atom is 0.190 e. The van der Waals surface area contributed by atoms with Crippen LogP contribution in [0.25, 0.3) is 0 Å². The Morgan fingerprint density at radius 1 is 0.947 bits per heavy atom. The van der Waals surface area contributed by atoms with E-state index in [-0.39, 0.29) is 5.66 Å². The number of nitrogens with one attached hydrogen (secondary N) is 2. The predicted octanol–water partition coefficient (Wildman–Crippen LogP) is 2.76. The average Bonchev–Trinajstić information content (AvgIpc) is 2.77. The number of anilines is 1. The van der Waals surface area contributed by atoms with Crippen molar-refractivity contribution >= 4 is 23.0 Å². The van der Waals surface area contributed by atoms with E-state index in [1.165, 1.54) is 0 Å². The van der Waals surface area contributed by atoms with Crippen molar-refractivity contribution in [2.45, 2.75) is 12.6 Å². The molecule has 0 aliphatic carbocycles. The molecule has 0 spiro atoms. The summed E-state index contributed by atoms with van der Waals surface area (Å²) >= 11 is 5.42. The van der Waals surface area contributed by atoms with Crippen LogP contribution < -0.4 is 15.8 Å². The third-order valence-electron chi connectivity index (χ3n) is 3.26. The van der Waals surface area contributed by atoms with Gasteiger partial charge >= 0.3 is 0 Å². The van der Waals surface area contributed by atoms with Crippen LogP contribution in [0.2, 0.25) is 0 Å². The van der Waals surface area contributed by atoms with Crippen molar-refractivity contribution in [2.24, 2.45) is 0 Å². The van der Waals surface area contributed by atoms with Crippen LogP contribution in [0, 0.1) is 0 Å². The minimum Gasteiger partial charge on any atom is -0.338 e. The minimum absolute atomic E-state index is 0.381. The minimum atomic E-state index is -0.381. The van der Waals surface area contributed by atoms with Crippen LogP contribution in [0.5, 0.6) is 0 Å². The molecule has 4 heteroatoms. The summed E-state index contributed by atoms with van der Waals surface area (Å²) in [4.78, 5) is 0. The normalized spacial score (nSPS) is 22.4. The van der Waals surface area contributed by atoms with Gasteiger partial charge in [-0.05, 0) is 36.8 Å². The van der Waals surface area contributed by atoms with Crippen LogP contribution >= 0.6 is 12.2 Å². The smallest absolute Gasteiger partial charge is 0.190 e. The Hall–Kier alpha value is -1.91. The first-order chi connectivity index (χ1) is 9.19. The van der Waals surface area contributed by atoms with Gasteiger partial charge in [-0.3, -0.25) is 0 Å². The molecule has 2 N–H and O–H groups in total. The molecule has 3 nitrogen and oxygen atoms in total. The summed E-state index contributed by atoms with van der Waals surface area (Å²) in [6.45, 7) is 2.08. The molecule has 19 heavy (non-hydrogen) atoms. The van der Waals surface area contributed by atoms with E-state index in [4.69, 9.17) is 12.2 Å². The van der Waals surface area contributed by atoms with Crippen molar-refractivity contribution < 1.29 is 0 Å². The van der Waals surface area contributed by atoms with Crippen molar-refractivity contribution in [1.82, 2.24) is 10.7 Å². The molecule has 3 rings (SSSR count). The van der Waals surface area contributed by atoms with E-state index >= 15 is 0 Å². The van der Waals surface area contributed by atoms with Crippen molar-refractivity contribution in [3.05, 3.63) is 66.2 Å². The van der Waals surface area contributed by atoms with E-state index in [1.807, 2.05) is 53.5 Å². The zero-order valence-electron chi connectivity index (χ0n) is 10.6. The van der Waals surface area contributed by atoms with Gasteiger partial charge in [0.1, 0.15) is 5.66 Å². The van der Waals surface area contributed by atoms with Crippen molar-refractivity contribution in [1.29, 1.82) is 0 Å². The zero-order valence-corrected chi connectivity index (χ0v) is 11.4. The van der Waals surface area contributed by atoms with Gasteiger partial charge in [0, 0.05) is 0 Å². The van der Waals surface area contributed by atoms with E-state index in [1.54, 1.807) is 0 Å². The van der Waals surface area contributed by atoms with E-state index in [2.05, 4.69) is 29.8 Å². The van der Waals surface area contributed by atoms with Crippen molar-refractivity contribution in [2.75, 3.05) is 5.01 Å². The first-order valence-electron chi connectivity index (χ1n) is 6.20. The summed E-state index contributed by atoms with van der Waals surface area (Å²) < 4.78 is 0. The molecule has 1 heterocycles. The Balaban J connectivity index is 1.92. The van der Waals surface area contributed by atoms with Gasteiger partial charge in [-0.15, -0.1) is 0 Å². The van der Waals surface area contributed by atoms with Crippen LogP contribution in [-0.2, 0) is 5.66 Å². The first-order valence-corrected chi connectivity index (χ1v) is 6.60. The molecular formula is C15H15N3S. The molecule has 1 aliphatic heterocycles. The lowest BCUT2D eigenvalue weighted by molar-refractivity contribution is 0.389. The topological polar surface area (TPSA) is 27.3 Å². The number of benzene rings is 2. The SMILES string of the molecule is C[C@@]1(c2ccccc2)NC(=S)N(c2ccccc2)N1. The largest absolute Gasteiger partial charge is 0.338 e. The van der Waals surface area contributed by atoms with E-state index in [0.29, 0.717) is 5.11 Å². The maximum atomic E-state index is 5.42. The summed E-state index contributed by atoms with van der Waals surface area (Å²) in [7, 11) is 0. The fraction of sp³-hybridized carbons (Fsp3) is 0.133. The highest BCUT2D eigenvalue weighted by Gasteiger charge is 2.37. The first kappa shape index (κ1) is 12.1. The fourth-order valence-electron chi connectivity index (χ4n) is 2.24. The molecule has 0 radical (unpaired) electrons. The van der Waals surface area contributed by atoms with Crippen LogP contribution in [0.1, 0.15) is 12.5 Å². The van der Waals surface area contributed by atoms with Gasteiger partial charge in [-0.25, -0.2) is 5.01 Å². The molecule has 0 saturated carbocycles. The maximum absolute atomic E-state index is 5.42. The molecule has 0 unspecified atom stereocenters. The highest BCUT2D eigenvalue weighted by atomic mass is 32.1. The standard InChI is InChI=1S/C15H15N3S/c1-15(12-8-4-2-5-9-12)16-14(19)18(17-15)13-10-6-3-7-11-13/h2-11,17H,1H3,(H,16,19)/t15-/m1/s1.